The van der Waals surface area contributed by atoms with E-state index < -0.39 is 0 Å². The first-order valence-electron chi connectivity index (χ1n) is 17.7. The molecule has 9 aromatic carbocycles. The number of hydrogen-bond donors (Lipinski definition) is 0. The third-order valence-corrected chi connectivity index (χ3v) is 11.4. The van der Waals surface area contributed by atoms with Crippen molar-refractivity contribution in [1.82, 2.24) is 0 Å². The minimum Gasteiger partial charge on any atom is -0.309 e. The van der Waals surface area contributed by atoms with Crippen molar-refractivity contribution in [3.05, 3.63) is 200 Å². The number of hydrogen-bond acceptors (Lipinski definition) is 2. The van der Waals surface area contributed by atoms with Crippen molar-refractivity contribution in [2.45, 2.75) is 0 Å². The molecule has 0 aliphatic rings. The Morgan fingerprint density at radius 2 is 0.788 bits per heavy atom. The second-order valence-corrected chi connectivity index (χ2v) is 14.4. The van der Waals surface area contributed by atoms with Crippen LogP contribution in [-0.4, -0.2) is 0 Å². The molecule has 0 saturated heterocycles. The summed E-state index contributed by atoms with van der Waals surface area (Å²) in [6, 6.07) is 73.1. The number of thiophene rings is 1. The van der Waals surface area contributed by atoms with Gasteiger partial charge in [-0.3, -0.25) is 0 Å². The molecule has 0 radical (unpaired) electrons. The Morgan fingerprint density at radius 1 is 0.308 bits per heavy atom. The fourth-order valence-electron chi connectivity index (χ4n) is 7.54. The monoisotopic (exact) mass is 679 g/mol. The molecule has 10 aromatic rings. The predicted octanol–water partition coefficient (Wildman–Crippen LogP) is 14.8. The second kappa shape index (κ2) is 12.7. The molecule has 10 rings (SSSR count). The van der Waals surface area contributed by atoms with Gasteiger partial charge < -0.3 is 4.90 Å². The van der Waals surface area contributed by atoms with Crippen molar-refractivity contribution in [1.29, 1.82) is 0 Å². The Hall–Kier alpha value is -6.48. The van der Waals surface area contributed by atoms with Crippen molar-refractivity contribution in [2.75, 3.05) is 4.90 Å². The molecule has 0 spiro atoms. The van der Waals surface area contributed by atoms with E-state index in [0.29, 0.717) is 0 Å². The molecule has 0 N–H and O–H groups in total. The molecule has 2 heteroatoms. The lowest BCUT2D eigenvalue weighted by atomic mass is 9.98. The molecule has 1 aromatic heterocycles. The maximum Gasteiger partial charge on any atom is 0.0646 e. The molecular weight excluding hydrogens is 647 g/mol. The zero-order valence-corrected chi connectivity index (χ0v) is 29.2. The smallest absolute Gasteiger partial charge is 0.0646 e. The number of benzene rings is 9. The van der Waals surface area contributed by atoms with Gasteiger partial charge in [0.25, 0.3) is 0 Å². The third kappa shape index (κ3) is 5.42. The van der Waals surface area contributed by atoms with Crippen LogP contribution in [0.4, 0.5) is 17.1 Å². The molecule has 0 amide bonds. The van der Waals surface area contributed by atoms with Gasteiger partial charge in [-0.15, -0.1) is 11.3 Å². The maximum atomic E-state index is 2.45. The lowest BCUT2D eigenvalue weighted by molar-refractivity contribution is 1.30. The summed E-state index contributed by atoms with van der Waals surface area (Å²) >= 11 is 1.87. The molecule has 0 saturated carbocycles. The molecule has 0 fully saturated rings. The molecule has 0 unspecified atom stereocenters. The zero-order chi connectivity index (χ0) is 34.4. The second-order valence-electron chi connectivity index (χ2n) is 13.4. The van der Waals surface area contributed by atoms with E-state index in [9.17, 15) is 0 Å². The van der Waals surface area contributed by atoms with Crippen LogP contribution >= 0.6 is 11.3 Å². The Bertz CT molecular complexity index is 2890. The van der Waals surface area contributed by atoms with E-state index >= 15 is 0 Å². The van der Waals surface area contributed by atoms with Gasteiger partial charge in [-0.2, -0.15) is 0 Å². The van der Waals surface area contributed by atoms with Gasteiger partial charge in [-0.05, 0) is 110 Å². The van der Waals surface area contributed by atoms with E-state index in [2.05, 4.69) is 205 Å². The van der Waals surface area contributed by atoms with Gasteiger partial charge in [0.1, 0.15) is 0 Å². The van der Waals surface area contributed by atoms with E-state index in [1.807, 2.05) is 11.3 Å². The summed E-state index contributed by atoms with van der Waals surface area (Å²) in [5.74, 6) is 0. The summed E-state index contributed by atoms with van der Waals surface area (Å²) in [6.45, 7) is 0. The van der Waals surface area contributed by atoms with Crippen molar-refractivity contribution < 1.29 is 0 Å². The molecule has 1 heterocycles. The van der Waals surface area contributed by atoms with Gasteiger partial charge in [0.15, 0.2) is 0 Å². The lowest BCUT2D eigenvalue weighted by Gasteiger charge is -2.27. The van der Waals surface area contributed by atoms with Gasteiger partial charge in [0.05, 0.1) is 10.4 Å². The van der Waals surface area contributed by atoms with Crippen LogP contribution in [0.15, 0.2) is 200 Å². The first-order chi connectivity index (χ1) is 25.7. The normalized spacial score (nSPS) is 11.5. The van der Waals surface area contributed by atoms with Gasteiger partial charge in [0, 0.05) is 26.8 Å². The van der Waals surface area contributed by atoms with Gasteiger partial charge in [-0.1, -0.05) is 146 Å². The number of nitrogens with zero attached hydrogens (tertiary/aromatic N) is 1. The molecule has 244 valence electrons. The summed E-state index contributed by atoms with van der Waals surface area (Å²) in [5.41, 5.74) is 10.7. The topological polar surface area (TPSA) is 3.24 Å². The largest absolute Gasteiger partial charge is 0.309 e. The lowest BCUT2D eigenvalue weighted by Crippen LogP contribution is -2.10. The van der Waals surface area contributed by atoms with E-state index in [1.165, 1.54) is 80.8 Å². The maximum absolute atomic E-state index is 2.45. The Balaban J connectivity index is 1.18. The van der Waals surface area contributed by atoms with Crippen LogP contribution in [-0.2, 0) is 0 Å². The average molecular weight is 680 g/mol. The van der Waals surface area contributed by atoms with Crippen molar-refractivity contribution in [3.63, 3.8) is 0 Å². The molecule has 1 nitrogen and oxygen atoms in total. The summed E-state index contributed by atoms with van der Waals surface area (Å²) in [4.78, 5) is 2.45. The molecule has 0 aliphatic carbocycles. The van der Waals surface area contributed by atoms with Crippen LogP contribution in [0.3, 0.4) is 0 Å². The SMILES string of the molecule is c1ccc(-c2ccc(N(c3ccc(-c4ccc5ccccc5c4)cc3)c3cc(-c4ccc5ccccc5c4)cc4c3sc3ccccc34)cc2)cc1. The van der Waals surface area contributed by atoms with E-state index in [0.717, 1.165) is 11.4 Å². The molecular formula is C50H33NS. The van der Waals surface area contributed by atoms with Gasteiger partial charge >= 0.3 is 0 Å². The molecule has 0 atom stereocenters. The summed E-state index contributed by atoms with van der Waals surface area (Å²) in [5, 5.41) is 7.57. The average Bonchev–Trinajstić information content (AvgIpc) is 3.60. The Morgan fingerprint density at radius 3 is 1.42 bits per heavy atom. The number of anilines is 3. The van der Waals surface area contributed by atoms with Crippen LogP contribution in [0.5, 0.6) is 0 Å². The van der Waals surface area contributed by atoms with Crippen LogP contribution < -0.4 is 4.90 Å². The number of rotatable bonds is 6. The highest BCUT2D eigenvalue weighted by Gasteiger charge is 2.20. The van der Waals surface area contributed by atoms with Crippen molar-refractivity contribution in [3.8, 4) is 33.4 Å². The Labute approximate surface area is 307 Å². The van der Waals surface area contributed by atoms with Crippen LogP contribution in [0.25, 0.3) is 75.1 Å². The van der Waals surface area contributed by atoms with Crippen molar-refractivity contribution >= 4 is 70.1 Å². The minimum atomic E-state index is 1.12. The zero-order valence-electron chi connectivity index (χ0n) is 28.4. The molecule has 0 bridgehead atoms. The Kier molecular flexibility index (Phi) is 7.41. The highest BCUT2D eigenvalue weighted by atomic mass is 32.1. The van der Waals surface area contributed by atoms with E-state index in [-0.39, 0.29) is 0 Å². The first kappa shape index (κ1) is 30.4. The van der Waals surface area contributed by atoms with Crippen LogP contribution in [0, 0.1) is 0 Å². The molecule has 52 heavy (non-hydrogen) atoms. The van der Waals surface area contributed by atoms with Crippen LogP contribution in [0.1, 0.15) is 0 Å². The van der Waals surface area contributed by atoms with E-state index in [1.54, 1.807) is 0 Å². The standard InChI is InChI=1S/C50H33NS/c1-2-10-34(11-3-1)37-22-26-44(27-23-37)51(45-28-24-38(25-29-45)41-20-18-35-12-4-6-14-39(35)30-41)48-33-43(42-21-19-36-13-5-7-15-40(36)31-42)32-47-46-16-8-9-17-49(46)52-50(47)48/h1-33H. The quantitative estimate of drug-likeness (QED) is 0.169. The summed E-state index contributed by atoms with van der Waals surface area (Å²) < 4.78 is 2.57. The minimum absolute atomic E-state index is 1.12. The third-order valence-electron chi connectivity index (χ3n) is 10.2. The highest BCUT2D eigenvalue weighted by Crippen LogP contribution is 2.47. The first-order valence-corrected chi connectivity index (χ1v) is 18.6. The number of fused-ring (bicyclic) bond motifs is 5. The summed E-state index contributed by atoms with van der Waals surface area (Å²) in [6.07, 6.45) is 0. The predicted molar refractivity (Wildman–Crippen MR) is 225 cm³/mol. The van der Waals surface area contributed by atoms with Crippen molar-refractivity contribution in [2.24, 2.45) is 0 Å². The fraction of sp³-hybridized carbons (Fsp3) is 0. The van der Waals surface area contributed by atoms with E-state index in [4.69, 9.17) is 0 Å². The highest BCUT2D eigenvalue weighted by molar-refractivity contribution is 7.26. The van der Waals surface area contributed by atoms with Gasteiger partial charge in [0.2, 0.25) is 0 Å². The molecule has 0 aliphatic heterocycles. The van der Waals surface area contributed by atoms with Crippen LogP contribution in [0.2, 0.25) is 0 Å². The van der Waals surface area contributed by atoms with Gasteiger partial charge in [-0.25, -0.2) is 0 Å². The fourth-order valence-corrected chi connectivity index (χ4v) is 8.73. The summed E-state index contributed by atoms with van der Waals surface area (Å²) in [7, 11) is 0.